The Morgan fingerprint density at radius 1 is 1.15 bits per heavy atom. The molecule has 2 unspecified atom stereocenters. The van der Waals surface area contributed by atoms with Crippen LogP contribution in [0.25, 0.3) is 11.1 Å². The fourth-order valence-corrected chi connectivity index (χ4v) is 3.68. The van der Waals surface area contributed by atoms with Crippen LogP contribution in [0.3, 0.4) is 0 Å². The molecule has 1 aliphatic rings. The smallest absolute Gasteiger partial charge is 0.0568 e. The molecule has 1 aromatic heterocycles. The number of aromatic nitrogens is 2. The Morgan fingerprint density at radius 3 is 2.65 bits per heavy atom. The number of nitrogens with zero attached hydrogens (tertiary/aromatic N) is 2. The molecule has 0 radical (unpaired) electrons. The molecule has 0 aliphatic heterocycles. The predicted octanol–water partition coefficient (Wildman–Crippen LogP) is 5.30. The summed E-state index contributed by atoms with van der Waals surface area (Å²) in [5.41, 5.74) is 2.50. The van der Waals surface area contributed by atoms with Crippen LogP contribution in [0.1, 0.15) is 45.1 Å². The predicted molar refractivity (Wildman–Crippen MR) is 91.7 cm³/mol. The number of rotatable bonds is 3. The quantitative estimate of drug-likeness (QED) is 0.661. The van der Waals surface area contributed by atoms with Gasteiger partial charge in [-0.05, 0) is 59.0 Å². The Morgan fingerprint density at radius 2 is 1.90 bits per heavy atom. The minimum Gasteiger partial charge on any atom is -0.269 e. The van der Waals surface area contributed by atoms with Crippen molar-refractivity contribution in [3.63, 3.8) is 0 Å². The van der Waals surface area contributed by atoms with Gasteiger partial charge in [0.25, 0.3) is 0 Å². The molecular formula is C17H21IN2. The molecule has 0 saturated heterocycles. The molecule has 0 amide bonds. The summed E-state index contributed by atoms with van der Waals surface area (Å²) in [7, 11) is 0. The highest BCUT2D eigenvalue weighted by Crippen LogP contribution is 2.36. The van der Waals surface area contributed by atoms with Crippen molar-refractivity contribution in [1.82, 2.24) is 9.78 Å². The maximum absolute atomic E-state index is 4.65. The topological polar surface area (TPSA) is 17.8 Å². The molecule has 1 aromatic carbocycles. The Hall–Kier alpha value is -0.840. The van der Waals surface area contributed by atoms with E-state index in [0.717, 1.165) is 5.92 Å². The molecule has 1 heterocycles. The molecule has 1 saturated carbocycles. The summed E-state index contributed by atoms with van der Waals surface area (Å²) in [6.45, 7) is 2.31. The van der Waals surface area contributed by atoms with Crippen LogP contribution in [0.2, 0.25) is 0 Å². The largest absolute Gasteiger partial charge is 0.269 e. The summed E-state index contributed by atoms with van der Waals surface area (Å²) in [4.78, 5) is 0. The monoisotopic (exact) mass is 380 g/mol. The summed E-state index contributed by atoms with van der Waals surface area (Å²) >= 11 is 2.34. The lowest BCUT2D eigenvalue weighted by Crippen LogP contribution is -2.23. The van der Waals surface area contributed by atoms with E-state index in [4.69, 9.17) is 0 Å². The molecule has 3 rings (SSSR count). The first-order chi connectivity index (χ1) is 9.78. The second kappa shape index (κ2) is 6.29. The molecule has 20 heavy (non-hydrogen) atoms. The number of benzene rings is 1. The summed E-state index contributed by atoms with van der Waals surface area (Å²) < 4.78 is 3.50. The SMILES string of the molecule is CCC1CCCCC1n1cc(-c2ccc(I)cc2)cn1. The zero-order valence-corrected chi connectivity index (χ0v) is 14.1. The summed E-state index contributed by atoms with van der Waals surface area (Å²) in [5, 5.41) is 4.65. The zero-order valence-electron chi connectivity index (χ0n) is 11.9. The third-order valence-electron chi connectivity index (χ3n) is 4.51. The van der Waals surface area contributed by atoms with Crippen LogP contribution < -0.4 is 0 Å². The van der Waals surface area contributed by atoms with E-state index in [0.29, 0.717) is 6.04 Å². The van der Waals surface area contributed by atoms with E-state index < -0.39 is 0 Å². The van der Waals surface area contributed by atoms with Gasteiger partial charge in [0.2, 0.25) is 0 Å². The highest BCUT2D eigenvalue weighted by molar-refractivity contribution is 14.1. The Labute approximate surface area is 134 Å². The van der Waals surface area contributed by atoms with Crippen LogP contribution in [0, 0.1) is 9.49 Å². The first-order valence-corrected chi connectivity index (χ1v) is 8.66. The fraction of sp³-hybridized carbons (Fsp3) is 0.471. The van der Waals surface area contributed by atoms with Gasteiger partial charge in [-0.2, -0.15) is 5.10 Å². The molecule has 1 aliphatic carbocycles. The van der Waals surface area contributed by atoms with Crippen molar-refractivity contribution >= 4 is 22.6 Å². The van der Waals surface area contributed by atoms with Crippen molar-refractivity contribution in [3.8, 4) is 11.1 Å². The molecule has 3 heteroatoms. The average Bonchev–Trinajstić information content (AvgIpc) is 2.97. The van der Waals surface area contributed by atoms with E-state index in [-0.39, 0.29) is 0 Å². The van der Waals surface area contributed by atoms with Crippen LogP contribution in [0.5, 0.6) is 0 Å². The van der Waals surface area contributed by atoms with Crippen molar-refractivity contribution in [3.05, 3.63) is 40.2 Å². The van der Waals surface area contributed by atoms with E-state index in [1.165, 1.54) is 46.8 Å². The number of hydrogen-bond donors (Lipinski definition) is 0. The highest BCUT2D eigenvalue weighted by atomic mass is 127. The molecule has 0 N–H and O–H groups in total. The van der Waals surface area contributed by atoms with Gasteiger partial charge in [0.15, 0.2) is 0 Å². The first-order valence-electron chi connectivity index (χ1n) is 7.58. The van der Waals surface area contributed by atoms with E-state index in [1.54, 1.807) is 0 Å². The molecular weight excluding hydrogens is 359 g/mol. The molecule has 2 aromatic rings. The number of halogens is 1. The molecule has 0 bridgehead atoms. The van der Waals surface area contributed by atoms with Gasteiger partial charge in [-0.3, -0.25) is 4.68 Å². The van der Waals surface area contributed by atoms with Gasteiger partial charge in [-0.1, -0.05) is 38.3 Å². The van der Waals surface area contributed by atoms with Gasteiger partial charge < -0.3 is 0 Å². The summed E-state index contributed by atoms with van der Waals surface area (Å²) in [6.07, 6.45) is 10.9. The molecule has 1 fully saturated rings. The Kier molecular flexibility index (Phi) is 4.44. The highest BCUT2D eigenvalue weighted by Gasteiger charge is 2.25. The van der Waals surface area contributed by atoms with Crippen LogP contribution in [0.4, 0.5) is 0 Å². The maximum atomic E-state index is 4.65. The van der Waals surface area contributed by atoms with Gasteiger partial charge in [0.1, 0.15) is 0 Å². The van der Waals surface area contributed by atoms with Gasteiger partial charge in [-0.25, -0.2) is 0 Å². The molecule has 2 nitrogen and oxygen atoms in total. The van der Waals surface area contributed by atoms with Crippen molar-refractivity contribution < 1.29 is 0 Å². The summed E-state index contributed by atoms with van der Waals surface area (Å²) in [5.74, 6) is 0.799. The lowest BCUT2D eigenvalue weighted by atomic mass is 9.83. The second-order valence-electron chi connectivity index (χ2n) is 5.74. The van der Waals surface area contributed by atoms with Crippen LogP contribution in [-0.4, -0.2) is 9.78 Å². The van der Waals surface area contributed by atoms with Gasteiger partial charge in [0.05, 0.1) is 12.2 Å². The van der Waals surface area contributed by atoms with Gasteiger partial charge in [0, 0.05) is 15.3 Å². The van der Waals surface area contributed by atoms with E-state index in [2.05, 4.69) is 69.8 Å². The normalized spacial score (nSPS) is 22.9. The Balaban J connectivity index is 1.84. The van der Waals surface area contributed by atoms with Crippen molar-refractivity contribution in [2.24, 2.45) is 5.92 Å². The second-order valence-corrected chi connectivity index (χ2v) is 6.98. The van der Waals surface area contributed by atoms with E-state index in [1.807, 2.05) is 6.20 Å². The van der Waals surface area contributed by atoms with Gasteiger partial charge >= 0.3 is 0 Å². The lowest BCUT2D eigenvalue weighted by molar-refractivity contribution is 0.217. The molecule has 2 atom stereocenters. The lowest BCUT2D eigenvalue weighted by Gasteiger charge is -2.30. The zero-order chi connectivity index (χ0) is 13.9. The minimum atomic E-state index is 0.603. The fourth-order valence-electron chi connectivity index (χ4n) is 3.32. The van der Waals surface area contributed by atoms with E-state index >= 15 is 0 Å². The molecule has 106 valence electrons. The number of hydrogen-bond acceptors (Lipinski definition) is 1. The third-order valence-corrected chi connectivity index (χ3v) is 5.23. The van der Waals surface area contributed by atoms with E-state index in [9.17, 15) is 0 Å². The van der Waals surface area contributed by atoms with Crippen molar-refractivity contribution in [1.29, 1.82) is 0 Å². The summed E-state index contributed by atoms with van der Waals surface area (Å²) in [6, 6.07) is 9.28. The van der Waals surface area contributed by atoms with Crippen molar-refractivity contribution in [2.75, 3.05) is 0 Å². The Bertz CT molecular complexity index is 559. The minimum absolute atomic E-state index is 0.603. The molecule has 0 spiro atoms. The average molecular weight is 380 g/mol. The van der Waals surface area contributed by atoms with Crippen LogP contribution in [-0.2, 0) is 0 Å². The van der Waals surface area contributed by atoms with Gasteiger partial charge in [-0.15, -0.1) is 0 Å². The first kappa shape index (κ1) is 14.1. The van der Waals surface area contributed by atoms with Crippen LogP contribution >= 0.6 is 22.6 Å². The standard InChI is InChI=1S/C17H21IN2/c1-2-13-5-3-4-6-17(13)20-12-15(11-19-20)14-7-9-16(18)10-8-14/h7-13,17H,2-6H2,1H3. The maximum Gasteiger partial charge on any atom is 0.0568 e. The van der Waals surface area contributed by atoms with Crippen molar-refractivity contribution in [2.45, 2.75) is 45.1 Å². The third kappa shape index (κ3) is 2.92. The van der Waals surface area contributed by atoms with Crippen LogP contribution in [0.15, 0.2) is 36.7 Å².